The largest absolute Gasteiger partial charge is 0.507 e. The lowest BCUT2D eigenvalue weighted by atomic mass is 9.45. The number of phenols is 4. The van der Waals surface area contributed by atoms with Gasteiger partial charge in [-0.3, -0.25) is 0 Å². The first-order valence-electron chi connectivity index (χ1n) is 23.3. The summed E-state index contributed by atoms with van der Waals surface area (Å²) >= 11 is 0. The van der Waals surface area contributed by atoms with Crippen molar-refractivity contribution in [2.24, 2.45) is 34.5 Å². The van der Waals surface area contributed by atoms with Gasteiger partial charge in [-0.25, -0.2) is 0 Å². The highest BCUT2D eigenvalue weighted by molar-refractivity contribution is 5.56. The van der Waals surface area contributed by atoms with Crippen LogP contribution < -0.4 is 0 Å². The number of allylic oxidation sites excluding steroid dienone is 6. The van der Waals surface area contributed by atoms with Crippen molar-refractivity contribution < 1.29 is 20.4 Å². The van der Waals surface area contributed by atoms with Crippen LogP contribution in [-0.2, 0) is 10.8 Å². The summed E-state index contributed by atoms with van der Waals surface area (Å²) in [5.41, 5.74) is 7.25. The Labute approximate surface area is 346 Å². The van der Waals surface area contributed by atoms with Gasteiger partial charge in [-0.2, -0.15) is 0 Å². The van der Waals surface area contributed by atoms with E-state index in [1.54, 1.807) is 0 Å². The zero-order chi connectivity index (χ0) is 40.9. The minimum Gasteiger partial charge on any atom is -0.507 e. The second-order valence-corrected chi connectivity index (χ2v) is 21.0. The zero-order valence-corrected chi connectivity index (χ0v) is 36.9. The smallest absolute Gasteiger partial charge is 0.123 e. The van der Waals surface area contributed by atoms with Crippen LogP contribution in [0.4, 0.5) is 0 Å². The molecule has 57 heavy (non-hydrogen) atoms. The number of phenolic OH excluding ortho intramolecular Hbond substituents is 4. The van der Waals surface area contributed by atoms with Crippen LogP contribution in [0.25, 0.3) is 0 Å². The topological polar surface area (TPSA) is 80.9 Å². The van der Waals surface area contributed by atoms with Crippen molar-refractivity contribution in [1.82, 2.24) is 0 Å². The normalized spacial score (nSPS) is 29.6. The predicted molar refractivity (Wildman–Crippen MR) is 236 cm³/mol. The molecule has 0 saturated heterocycles. The average molecular weight is 777 g/mol. The Balaban J connectivity index is 0.000000174. The van der Waals surface area contributed by atoms with Crippen molar-refractivity contribution in [3.05, 3.63) is 82.0 Å². The van der Waals surface area contributed by atoms with Gasteiger partial charge in [-0.1, -0.05) is 135 Å². The number of rotatable bonds is 13. The highest BCUT2D eigenvalue weighted by Gasteiger charge is 2.56. The Morgan fingerprint density at radius 2 is 1.07 bits per heavy atom. The maximum atomic E-state index is 11.1. The molecule has 1 unspecified atom stereocenters. The molecule has 4 heteroatoms. The predicted octanol–water partition coefficient (Wildman–Crippen LogP) is 14.6. The molecule has 0 spiro atoms. The lowest BCUT2D eigenvalue weighted by Crippen LogP contribution is -2.50. The van der Waals surface area contributed by atoms with Crippen LogP contribution in [0.3, 0.4) is 0 Å². The van der Waals surface area contributed by atoms with Gasteiger partial charge in [0.2, 0.25) is 0 Å². The van der Waals surface area contributed by atoms with Crippen LogP contribution in [0.15, 0.2) is 59.7 Å². The van der Waals surface area contributed by atoms with Gasteiger partial charge in [0.05, 0.1) is 0 Å². The van der Waals surface area contributed by atoms with E-state index < -0.39 is 0 Å². The van der Waals surface area contributed by atoms with Crippen LogP contribution in [0.5, 0.6) is 23.0 Å². The third-order valence-corrected chi connectivity index (χ3v) is 17.1. The number of unbranched alkanes of at least 4 members (excludes halogenated alkanes) is 5. The molecule has 2 aromatic carbocycles. The Bertz CT molecular complexity index is 1820. The molecule has 4 N–H and O–H groups in total. The summed E-state index contributed by atoms with van der Waals surface area (Å²) in [7, 11) is 0. The molecule has 10 rings (SSSR count). The Morgan fingerprint density at radius 3 is 1.47 bits per heavy atom. The number of hydrogen-bond donors (Lipinski definition) is 4. The van der Waals surface area contributed by atoms with Crippen molar-refractivity contribution in [3.8, 4) is 23.0 Å². The summed E-state index contributed by atoms with van der Waals surface area (Å²) < 4.78 is 0. The van der Waals surface area contributed by atoms with E-state index in [0.29, 0.717) is 35.2 Å². The second kappa shape index (κ2) is 16.1. The highest BCUT2D eigenvalue weighted by Crippen LogP contribution is 2.66. The summed E-state index contributed by atoms with van der Waals surface area (Å²) in [6.45, 7) is 18.3. The van der Waals surface area contributed by atoms with E-state index in [-0.39, 0.29) is 45.0 Å². The molecular formula is C53H76O4. The summed E-state index contributed by atoms with van der Waals surface area (Å²) in [5, 5.41) is 44.2. The van der Waals surface area contributed by atoms with Crippen molar-refractivity contribution in [3.63, 3.8) is 0 Å². The molecule has 312 valence electrons. The molecule has 8 aliphatic carbocycles. The lowest BCUT2D eigenvalue weighted by Gasteiger charge is -2.59. The Hall–Kier alpha value is -3.14. The summed E-state index contributed by atoms with van der Waals surface area (Å²) in [5.74, 6) is 3.76. The first kappa shape index (κ1) is 42.0. The number of aromatic hydroxyl groups is 4. The van der Waals surface area contributed by atoms with Gasteiger partial charge in [0.1, 0.15) is 23.0 Å². The average Bonchev–Trinajstić information content (AvgIpc) is 3.62. The van der Waals surface area contributed by atoms with E-state index in [0.717, 1.165) is 41.5 Å². The summed E-state index contributed by atoms with van der Waals surface area (Å²) in [6, 6.07) is 7.92. The van der Waals surface area contributed by atoms with Gasteiger partial charge in [0.25, 0.3) is 0 Å². The third kappa shape index (κ3) is 7.41. The molecule has 4 nitrogen and oxygen atoms in total. The van der Waals surface area contributed by atoms with Crippen molar-refractivity contribution in [2.45, 2.75) is 187 Å². The van der Waals surface area contributed by atoms with Crippen molar-refractivity contribution in [2.75, 3.05) is 0 Å². The Morgan fingerprint density at radius 1 is 0.596 bits per heavy atom. The van der Waals surface area contributed by atoms with Crippen molar-refractivity contribution in [1.29, 1.82) is 0 Å². The molecule has 4 saturated carbocycles. The van der Waals surface area contributed by atoms with Gasteiger partial charge >= 0.3 is 0 Å². The first-order valence-corrected chi connectivity index (χ1v) is 23.3. The number of hydrogen-bond acceptors (Lipinski definition) is 4. The molecule has 4 fully saturated rings. The highest BCUT2D eigenvalue weighted by atomic mass is 16.3. The molecule has 0 amide bonds. The summed E-state index contributed by atoms with van der Waals surface area (Å²) in [6.07, 6.45) is 29.8. The molecule has 0 heterocycles. The van der Waals surface area contributed by atoms with Gasteiger partial charge in [-0.05, 0) is 141 Å². The van der Waals surface area contributed by atoms with Gasteiger partial charge in [-0.15, -0.1) is 0 Å². The molecular weight excluding hydrogens is 701 g/mol. The maximum absolute atomic E-state index is 11.1. The fourth-order valence-corrected chi connectivity index (χ4v) is 13.2. The van der Waals surface area contributed by atoms with Gasteiger partial charge in [0, 0.05) is 28.4 Å². The Kier molecular flexibility index (Phi) is 11.9. The third-order valence-electron chi connectivity index (χ3n) is 17.1. The molecule has 0 aromatic heterocycles. The monoisotopic (exact) mass is 777 g/mol. The molecule has 0 aliphatic heterocycles. The lowest BCUT2D eigenvalue weighted by molar-refractivity contribution is -0.0199. The van der Waals surface area contributed by atoms with Crippen LogP contribution in [0.1, 0.15) is 199 Å². The van der Waals surface area contributed by atoms with E-state index in [4.69, 9.17) is 0 Å². The first-order chi connectivity index (χ1) is 27.1. The van der Waals surface area contributed by atoms with Crippen LogP contribution in [-0.4, -0.2) is 20.4 Å². The fraction of sp³-hybridized carbons (Fsp3) is 0.660. The summed E-state index contributed by atoms with van der Waals surface area (Å²) in [4.78, 5) is 0. The van der Waals surface area contributed by atoms with Crippen LogP contribution in [0.2, 0.25) is 0 Å². The van der Waals surface area contributed by atoms with Crippen molar-refractivity contribution >= 4 is 0 Å². The number of benzene rings is 2. The van der Waals surface area contributed by atoms with Crippen LogP contribution >= 0.6 is 0 Å². The standard InChI is InChI=1S/C27H38O2.C26H38O2/c1-5-6-7-8-11-27(12-9-10-13-27)19-15-23(28)25(24(29)16-19)20-14-18(2)21-17-22(20)26(21,3)4;1-5-6-7-8-10-26(11-9-12-26)18-14-22(27)24(23(28)15-18)19-13-17(2)20-16-21(19)25(20,3)4/h8,11,14-16,20-22,28-29H,5-7,9-10,12-13,17H2,1-4H3;13-15,19-21,27-28H,5-12,16H2,1-4H3/b11-8-;/t20-,21+,22?;19-,20+,21-/m10/s1. The molecule has 0 radical (unpaired) electrons. The molecule has 8 aliphatic rings. The van der Waals surface area contributed by atoms with E-state index in [1.165, 1.54) is 101 Å². The maximum Gasteiger partial charge on any atom is 0.123 e. The zero-order valence-electron chi connectivity index (χ0n) is 36.9. The number of fused-ring (bicyclic) bond motifs is 2. The second-order valence-electron chi connectivity index (χ2n) is 21.0. The van der Waals surface area contributed by atoms with Gasteiger partial charge in [0.15, 0.2) is 0 Å². The molecule has 6 atom stereocenters. The van der Waals surface area contributed by atoms with E-state index in [1.807, 2.05) is 24.3 Å². The minimum absolute atomic E-state index is 0.0274. The SMILES string of the molecule is CCCC/C=C\C1(c2cc(O)c([C@@H]3C=C(C)[C@@H]4CC3C4(C)C)c(O)c2)CCCC1.CCCCCCC1(c2cc(O)c([C@H]3C=C(C)[C@H]4C[C@@H]3C4(C)C)c(O)c2)CCC1. The fourth-order valence-electron chi connectivity index (χ4n) is 13.2. The van der Waals surface area contributed by atoms with Gasteiger partial charge < -0.3 is 20.4 Å². The molecule has 4 bridgehead atoms. The van der Waals surface area contributed by atoms with E-state index in [9.17, 15) is 20.4 Å². The quantitative estimate of drug-likeness (QED) is 0.121. The molecule has 2 aromatic rings. The van der Waals surface area contributed by atoms with Crippen LogP contribution in [0, 0.1) is 34.5 Å². The van der Waals surface area contributed by atoms with E-state index >= 15 is 0 Å². The van der Waals surface area contributed by atoms with E-state index in [2.05, 4.69) is 79.7 Å². The minimum atomic E-state index is -0.0274.